The average Bonchev–Trinajstić information content (AvgIpc) is 2.37. The molecular formula is C14H9F4NO2. The number of rotatable bonds is 2. The van der Waals surface area contributed by atoms with Crippen LogP contribution in [-0.2, 0) is 6.18 Å². The molecule has 1 aromatic heterocycles. The van der Waals surface area contributed by atoms with Crippen LogP contribution in [0.25, 0.3) is 11.3 Å². The number of aromatic nitrogens is 1. The van der Waals surface area contributed by atoms with E-state index in [-0.39, 0.29) is 17.0 Å². The standard InChI is InChI=1S/C14H9F4NO2/c1-7-12(13(20)21)10(14(16,17)18)6-11(19-7)8-2-4-9(15)5-3-8/h2-6H,1H3,(H,20,21). The lowest BCUT2D eigenvalue weighted by molar-refractivity contribution is -0.138. The minimum Gasteiger partial charge on any atom is -0.478 e. The highest BCUT2D eigenvalue weighted by Gasteiger charge is 2.37. The Bertz CT molecular complexity index is 693. The van der Waals surface area contributed by atoms with Gasteiger partial charge in [0.05, 0.1) is 22.5 Å². The van der Waals surface area contributed by atoms with E-state index < -0.39 is 29.1 Å². The summed E-state index contributed by atoms with van der Waals surface area (Å²) in [6.45, 7) is 1.19. The molecule has 0 spiro atoms. The Morgan fingerprint density at radius 2 is 1.76 bits per heavy atom. The van der Waals surface area contributed by atoms with Gasteiger partial charge in [-0.3, -0.25) is 4.98 Å². The Labute approximate surface area is 116 Å². The van der Waals surface area contributed by atoms with Crippen molar-refractivity contribution in [2.75, 3.05) is 0 Å². The van der Waals surface area contributed by atoms with Gasteiger partial charge in [0.15, 0.2) is 0 Å². The molecule has 0 unspecified atom stereocenters. The minimum atomic E-state index is -4.82. The lowest BCUT2D eigenvalue weighted by Crippen LogP contribution is -2.16. The molecule has 3 nitrogen and oxygen atoms in total. The highest BCUT2D eigenvalue weighted by Crippen LogP contribution is 2.35. The topological polar surface area (TPSA) is 50.2 Å². The minimum absolute atomic E-state index is 0.0650. The van der Waals surface area contributed by atoms with Crippen LogP contribution in [0, 0.1) is 12.7 Å². The first-order chi connectivity index (χ1) is 9.70. The van der Waals surface area contributed by atoms with Gasteiger partial charge in [0.2, 0.25) is 0 Å². The second-order valence-corrected chi connectivity index (χ2v) is 4.33. The number of hydrogen-bond donors (Lipinski definition) is 1. The molecule has 0 aliphatic heterocycles. The van der Waals surface area contributed by atoms with Gasteiger partial charge in [-0.1, -0.05) is 0 Å². The van der Waals surface area contributed by atoms with Gasteiger partial charge in [-0.2, -0.15) is 13.2 Å². The summed E-state index contributed by atoms with van der Waals surface area (Å²) in [5.74, 6) is -2.23. The van der Waals surface area contributed by atoms with Gasteiger partial charge in [0, 0.05) is 5.56 Å². The maximum absolute atomic E-state index is 13.0. The van der Waals surface area contributed by atoms with E-state index in [9.17, 15) is 22.4 Å². The van der Waals surface area contributed by atoms with Crippen molar-refractivity contribution in [1.29, 1.82) is 0 Å². The molecular weight excluding hydrogens is 290 g/mol. The molecule has 1 heterocycles. The molecule has 0 aliphatic carbocycles. The van der Waals surface area contributed by atoms with E-state index in [1.54, 1.807) is 0 Å². The summed E-state index contributed by atoms with van der Waals surface area (Å²) in [5, 5.41) is 8.92. The molecule has 0 atom stereocenters. The Balaban J connectivity index is 2.68. The molecule has 7 heteroatoms. The molecule has 0 saturated carbocycles. The highest BCUT2D eigenvalue weighted by atomic mass is 19.4. The van der Waals surface area contributed by atoms with Gasteiger partial charge in [0.1, 0.15) is 5.82 Å². The Morgan fingerprint density at radius 1 is 1.19 bits per heavy atom. The molecule has 0 fully saturated rings. The van der Waals surface area contributed by atoms with Gasteiger partial charge >= 0.3 is 12.1 Å². The predicted molar refractivity (Wildman–Crippen MR) is 66.3 cm³/mol. The average molecular weight is 299 g/mol. The van der Waals surface area contributed by atoms with E-state index in [0.717, 1.165) is 12.1 Å². The van der Waals surface area contributed by atoms with Crippen molar-refractivity contribution in [2.24, 2.45) is 0 Å². The summed E-state index contributed by atoms with van der Waals surface area (Å²) in [5.41, 5.74) is -2.21. The lowest BCUT2D eigenvalue weighted by Gasteiger charge is -2.14. The molecule has 110 valence electrons. The predicted octanol–water partition coefficient (Wildman–Crippen LogP) is 3.91. The first kappa shape index (κ1) is 15.0. The number of hydrogen-bond acceptors (Lipinski definition) is 2. The van der Waals surface area contributed by atoms with Crippen molar-refractivity contribution in [2.45, 2.75) is 13.1 Å². The zero-order chi connectivity index (χ0) is 15.8. The number of pyridine rings is 1. The molecule has 0 aliphatic rings. The quantitative estimate of drug-likeness (QED) is 0.855. The van der Waals surface area contributed by atoms with Crippen molar-refractivity contribution in [3.63, 3.8) is 0 Å². The molecule has 21 heavy (non-hydrogen) atoms. The zero-order valence-corrected chi connectivity index (χ0v) is 10.7. The molecule has 1 aromatic carbocycles. The van der Waals surface area contributed by atoms with Crippen molar-refractivity contribution >= 4 is 5.97 Å². The van der Waals surface area contributed by atoms with E-state index in [4.69, 9.17) is 5.11 Å². The second-order valence-electron chi connectivity index (χ2n) is 4.33. The van der Waals surface area contributed by atoms with Crippen LogP contribution in [0.15, 0.2) is 30.3 Å². The smallest absolute Gasteiger partial charge is 0.417 e. The summed E-state index contributed by atoms with van der Waals surface area (Å²) in [6.07, 6.45) is -4.82. The third-order valence-corrected chi connectivity index (χ3v) is 2.86. The summed E-state index contributed by atoms with van der Waals surface area (Å²) in [4.78, 5) is 14.9. The summed E-state index contributed by atoms with van der Waals surface area (Å²) >= 11 is 0. The molecule has 0 amide bonds. The first-order valence-corrected chi connectivity index (χ1v) is 5.78. The summed E-state index contributed by atoms with van der Waals surface area (Å²) in [6, 6.07) is 5.38. The van der Waals surface area contributed by atoms with Crippen molar-refractivity contribution in [3.8, 4) is 11.3 Å². The maximum Gasteiger partial charge on any atom is 0.417 e. The van der Waals surface area contributed by atoms with Crippen LogP contribution >= 0.6 is 0 Å². The van der Waals surface area contributed by atoms with Crippen LogP contribution in [0.3, 0.4) is 0 Å². The molecule has 0 radical (unpaired) electrons. The second kappa shape index (κ2) is 5.16. The fourth-order valence-electron chi connectivity index (χ4n) is 1.93. The SMILES string of the molecule is Cc1nc(-c2ccc(F)cc2)cc(C(F)(F)F)c1C(=O)O. The number of alkyl halides is 3. The van der Waals surface area contributed by atoms with Gasteiger partial charge in [0.25, 0.3) is 0 Å². The molecule has 2 rings (SSSR count). The van der Waals surface area contributed by atoms with Crippen LogP contribution in [0.1, 0.15) is 21.6 Å². The first-order valence-electron chi connectivity index (χ1n) is 5.78. The van der Waals surface area contributed by atoms with E-state index in [1.807, 2.05) is 0 Å². The van der Waals surface area contributed by atoms with Gasteiger partial charge in [-0.05, 0) is 37.3 Å². The van der Waals surface area contributed by atoms with Crippen molar-refractivity contribution < 1.29 is 27.5 Å². The van der Waals surface area contributed by atoms with E-state index in [0.29, 0.717) is 6.07 Å². The third-order valence-electron chi connectivity index (χ3n) is 2.86. The fourth-order valence-corrected chi connectivity index (χ4v) is 1.93. The van der Waals surface area contributed by atoms with Crippen molar-refractivity contribution in [1.82, 2.24) is 4.98 Å². The zero-order valence-electron chi connectivity index (χ0n) is 10.7. The summed E-state index contributed by atoms with van der Waals surface area (Å²) in [7, 11) is 0. The van der Waals surface area contributed by atoms with Crippen LogP contribution in [0.5, 0.6) is 0 Å². The molecule has 2 aromatic rings. The normalized spacial score (nSPS) is 11.5. The number of carboxylic acid groups (broad SMARTS) is 1. The van der Waals surface area contributed by atoms with Crippen LogP contribution in [0.4, 0.5) is 17.6 Å². The Morgan fingerprint density at radius 3 is 2.24 bits per heavy atom. The molecule has 0 bridgehead atoms. The molecule has 1 N–H and O–H groups in total. The molecule has 0 saturated heterocycles. The van der Waals surface area contributed by atoms with E-state index in [1.165, 1.54) is 19.1 Å². The largest absolute Gasteiger partial charge is 0.478 e. The monoisotopic (exact) mass is 299 g/mol. The van der Waals surface area contributed by atoms with E-state index >= 15 is 0 Å². The number of halogens is 4. The number of aromatic carboxylic acids is 1. The van der Waals surface area contributed by atoms with E-state index in [2.05, 4.69) is 4.98 Å². The van der Waals surface area contributed by atoms with Crippen LogP contribution < -0.4 is 0 Å². The number of benzene rings is 1. The van der Waals surface area contributed by atoms with Gasteiger partial charge in [-0.15, -0.1) is 0 Å². The summed E-state index contributed by atoms with van der Waals surface area (Å²) < 4.78 is 51.8. The number of carbonyl (C=O) groups is 1. The maximum atomic E-state index is 13.0. The third kappa shape index (κ3) is 3.01. The van der Waals surface area contributed by atoms with Gasteiger partial charge < -0.3 is 5.11 Å². The lowest BCUT2D eigenvalue weighted by atomic mass is 10.0. The Hall–Kier alpha value is -2.44. The number of carboxylic acids is 1. The highest BCUT2D eigenvalue weighted by molar-refractivity contribution is 5.91. The van der Waals surface area contributed by atoms with Crippen LogP contribution in [-0.4, -0.2) is 16.1 Å². The number of aryl methyl sites for hydroxylation is 1. The number of nitrogens with zero attached hydrogens (tertiary/aromatic N) is 1. The van der Waals surface area contributed by atoms with Gasteiger partial charge in [-0.25, -0.2) is 9.18 Å². The van der Waals surface area contributed by atoms with Crippen LogP contribution in [0.2, 0.25) is 0 Å². The van der Waals surface area contributed by atoms with Crippen molar-refractivity contribution in [3.05, 3.63) is 53.0 Å². The Kier molecular flexibility index (Phi) is 3.67. The fraction of sp³-hybridized carbons (Fsp3) is 0.143.